The summed E-state index contributed by atoms with van der Waals surface area (Å²) in [5.74, 6) is 0. The highest BCUT2D eigenvalue weighted by molar-refractivity contribution is 4.93. The van der Waals surface area contributed by atoms with E-state index >= 15 is 0 Å². The summed E-state index contributed by atoms with van der Waals surface area (Å²) in [6.45, 7) is 1.45. The van der Waals surface area contributed by atoms with E-state index in [0.717, 1.165) is 13.0 Å². The molecule has 0 aromatic rings. The zero-order valence-corrected chi connectivity index (χ0v) is 8.15. The third kappa shape index (κ3) is 1.73. The van der Waals surface area contributed by atoms with Crippen molar-refractivity contribution < 1.29 is 5.11 Å². The van der Waals surface area contributed by atoms with Gasteiger partial charge in [-0.25, -0.2) is 0 Å². The molecule has 3 N–H and O–H groups in total. The average molecular weight is 184 g/mol. The normalized spacial score (nSPS) is 41.5. The zero-order chi connectivity index (χ0) is 9.26. The van der Waals surface area contributed by atoms with Crippen LogP contribution in [0.5, 0.6) is 0 Å². The number of nitrogens with zero attached hydrogens (tertiary/aromatic N) is 1. The van der Waals surface area contributed by atoms with Crippen LogP contribution in [-0.2, 0) is 0 Å². The summed E-state index contributed by atoms with van der Waals surface area (Å²) in [6.07, 6.45) is 6.05. The van der Waals surface area contributed by atoms with E-state index in [1.165, 1.54) is 25.7 Å². The van der Waals surface area contributed by atoms with Gasteiger partial charge in [-0.05, 0) is 32.2 Å². The molecule has 3 heteroatoms. The molecule has 0 aromatic carbocycles. The van der Waals surface area contributed by atoms with Gasteiger partial charge < -0.3 is 10.8 Å². The van der Waals surface area contributed by atoms with E-state index in [4.69, 9.17) is 5.73 Å². The van der Waals surface area contributed by atoms with Crippen LogP contribution in [0.15, 0.2) is 0 Å². The summed E-state index contributed by atoms with van der Waals surface area (Å²) in [5.41, 5.74) is 6.05. The number of nitrogens with two attached hydrogens (primary N) is 1. The number of hydrogen-bond acceptors (Lipinski definition) is 3. The van der Waals surface area contributed by atoms with Gasteiger partial charge in [-0.3, -0.25) is 4.90 Å². The molecule has 13 heavy (non-hydrogen) atoms. The molecular formula is C10H20N2O. The number of hydrogen-bond donors (Lipinski definition) is 2. The smallest absolute Gasteiger partial charge is 0.0587 e. The standard InChI is InChI=1S/C10H20N2O/c11-9-4-1-5-10(9)12-6-2-3-8(12)7-13/h8-10,13H,1-7,11H2. The maximum Gasteiger partial charge on any atom is 0.0587 e. The quantitative estimate of drug-likeness (QED) is 0.650. The lowest BCUT2D eigenvalue weighted by molar-refractivity contribution is 0.114. The van der Waals surface area contributed by atoms with E-state index in [9.17, 15) is 5.11 Å². The van der Waals surface area contributed by atoms with Crippen molar-refractivity contribution in [3.8, 4) is 0 Å². The van der Waals surface area contributed by atoms with Crippen LogP contribution >= 0.6 is 0 Å². The van der Waals surface area contributed by atoms with E-state index in [-0.39, 0.29) is 0 Å². The Labute approximate surface area is 79.9 Å². The highest BCUT2D eigenvalue weighted by Crippen LogP contribution is 2.29. The molecule has 3 atom stereocenters. The van der Waals surface area contributed by atoms with Crippen LogP contribution in [0.3, 0.4) is 0 Å². The van der Waals surface area contributed by atoms with E-state index < -0.39 is 0 Å². The average Bonchev–Trinajstić information content (AvgIpc) is 2.71. The fourth-order valence-electron chi connectivity index (χ4n) is 2.87. The Kier molecular flexibility index (Phi) is 2.86. The van der Waals surface area contributed by atoms with Gasteiger partial charge >= 0.3 is 0 Å². The van der Waals surface area contributed by atoms with Gasteiger partial charge in [0.05, 0.1) is 6.61 Å². The van der Waals surface area contributed by atoms with Crippen molar-refractivity contribution in [3.05, 3.63) is 0 Å². The molecule has 1 saturated carbocycles. The lowest BCUT2D eigenvalue weighted by atomic mass is 10.1. The maximum atomic E-state index is 9.20. The molecular weight excluding hydrogens is 164 g/mol. The lowest BCUT2D eigenvalue weighted by Gasteiger charge is -2.32. The second kappa shape index (κ2) is 3.95. The summed E-state index contributed by atoms with van der Waals surface area (Å²) >= 11 is 0. The predicted octanol–water partition coefficient (Wildman–Crippen LogP) is 0.323. The predicted molar refractivity (Wildman–Crippen MR) is 52.4 cm³/mol. The Morgan fingerprint density at radius 2 is 2.08 bits per heavy atom. The highest BCUT2D eigenvalue weighted by atomic mass is 16.3. The Balaban J connectivity index is 1.98. The fourth-order valence-corrected chi connectivity index (χ4v) is 2.87. The summed E-state index contributed by atoms with van der Waals surface area (Å²) in [7, 11) is 0. The van der Waals surface area contributed by atoms with Crippen molar-refractivity contribution in [1.82, 2.24) is 4.90 Å². The van der Waals surface area contributed by atoms with E-state index in [1.807, 2.05) is 0 Å². The maximum absolute atomic E-state index is 9.20. The van der Waals surface area contributed by atoms with Gasteiger partial charge in [-0.2, -0.15) is 0 Å². The number of likely N-dealkylation sites (tertiary alicyclic amines) is 1. The van der Waals surface area contributed by atoms with Gasteiger partial charge in [-0.15, -0.1) is 0 Å². The van der Waals surface area contributed by atoms with Gasteiger partial charge in [0.2, 0.25) is 0 Å². The Morgan fingerprint density at radius 1 is 1.23 bits per heavy atom. The molecule has 0 amide bonds. The fraction of sp³-hybridized carbons (Fsp3) is 1.00. The topological polar surface area (TPSA) is 49.5 Å². The first kappa shape index (κ1) is 9.44. The Morgan fingerprint density at radius 3 is 2.69 bits per heavy atom. The van der Waals surface area contributed by atoms with Crippen LogP contribution < -0.4 is 5.73 Å². The second-order valence-corrected chi connectivity index (χ2v) is 4.38. The molecule has 2 aliphatic rings. The number of aliphatic hydroxyl groups is 1. The van der Waals surface area contributed by atoms with E-state index in [2.05, 4.69) is 4.90 Å². The van der Waals surface area contributed by atoms with Crippen molar-refractivity contribution >= 4 is 0 Å². The first-order chi connectivity index (χ1) is 6.33. The van der Waals surface area contributed by atoms with Crippen molar-refractivity contribution in [3.63, 3.8) is 0 Å². The minimum Gasteiger partial charge on any atom is -0.395 e. The monoisotopic (exact) mass is 184 g/mol. The second-order valence-electron chi connectivity index (χ2n) is 4.38. The van der Waals surface area contributed by atoms with Crippen molar-refractivity contribution in [2.45, 2.75) is 50.2 Å². The van der Waals surface area contributed by atoms with Gasteiger partial charge in [0, 0.05) is 18.1 Å². The molecule has 3 unspecified atom stereocenters. The molecule has 3 nitrogen and oxygen atoms in total. The largest absolute Gasteiger partial charge is 0.395 e. The van der Waals surface area contributed by atoms with Crippen LogP contribution in [0.1, 0.15) is 32.1 Å². The molecule has 1 saturated heterocycles. The lowest BCUT2D eigenvalue weighted by Crippen LogP contribution is -2.47. The molecule has 0 radical (unpaired) electrons. The Bertz CT molecular complexity index is 174. The third-order valence-corrected chi connectivity index (χ3v) is 3.59. The van der Waals surface area contributed by atoms with Crippen LogP contribution in [0.4, 0.5) is 0 Å². The minimum absolute atomic E-state index is 0.309. The molecule has 0 aromatic heterocycles. The summed E-state index contributed by atoms with van der Waals surface area (Å²) < 4.78 is 0. The van der Waals surface area contributed by atoms with E-state index in [1.54, 1.807) is 0 Å². The number of rotatable bonds is 2. The highest BCUT2D eigenvalue weighted by Gasteiger charge is 2.35. The van der Waals surface area contributed by atoms with Crippen LogP contribution in [-0.4, -0.2) is 41.3 Å². The van der Waals surface area contributed by atoms with Gasteiger partial charge in [0.15, 0.2) is 0 Å². The summed E-state index contributed by atoms with van der Waals surface area (Å²) in [6, 6.07) is 1.31. The summed E-state index contributed by atoms with van der Waals surface area (Å²) in [5, 5.41) is 9.20. The first-order valence-electron chi connectivity index (χ1n) is 5.45. The van der Waals surface area contributed by atoms with Gasteiger partial charge in [-0.1, -0.05) is 6.42 Å². The Hall–Kier alpha value is -0.120. The zero-order valence-electron chi connectivity index (χ0n) is 8.15. The summed E-state index contributed by atoms with van der Waals surface area (Å²) in [4.78, 5) is 2.44. The van der Waals surface area contributed by atoms with Crippen LogP contribution in [0, 0.1) is 0 Å². The van der Waals surface area contributed by atoms with Crippen molar-refractivity contribution in [2.75, 3.05) is 13.2 Å². The molecule has 0 spiro atoms. The van der Waals surface area contributed by atoms with E-state index in [0.29, 0.717) is 24.7 Å². The van der Waals surface area contributed by atoms with Crippen molar-refractivity contribution in [2.24, 2.45) is 5.73 Å². The van der Waals surface area contributed by atoms with Gasteiger partial charge in [0.1, 0.15) is 0 Å². The minimum atomic E-state index is 0.309. The SMILES string of the molecule is NC1CCCC1N1CCCC1CO. The molecule has 2 rings (SSSR count). The molecule has 1 aliphatic heterocycles. The number of aliphatic hydroxyl groups excluding tert-OH is 1. The third-order valence-electron chi connectivity index (χ3n) is 3.59. The molecule has 76 valence electrons. The van der Waals surface area contributed by atoms with Crippen LogP contribution in [0.25, 0.3) is 0 Å². The molecule has 2 fully saturated rings. The molecule has 1 heterocycles. The molecule has 1 aliphatic carbocycles. The molecule has 0 bridgehead atoms. The first-order valence-corrected chi connectivity index (χ1v) is 5.45. The van der Waals surface area contributed by atoms with Crippen LogP contribution in [0.2, 0.25) is 0 Å². The van der Waals surface area contributed by atoms with Gasteiger partial charge in [0.25, 0.3) is 0 Å². The van der Waals surface area contributed by atoms with Crippen molar-refractivity contribution in [1.29, 1.82) is 0 Å².